The Kier molecular flexibility index (Phi) is 3.64. The molecule has 2 nitrogen and oxygen atoms in total. The average molecular weight is 281 g/mol. The summed E-state index contributed by atoms with van der Waals surface area (Å²) in [5, 5.41) is 1.04. The van der Waals surface area contributed by atoms with Gasteiger partial charge in [0.2, 0.25) is 0 Å². The van der Waals surface area contributed by atoms with E-state index in [1.54, 1.807) is 0 Å². The fourth-order valence-electron chi connectivity index (χ4n) is 1.85. The van der Waals surface area contributed by atoms with Gasteiger partial charge in [-0.05, 0) is 24.0 Å². The lowest BCUT2D eigenvalue weighted by Gasteiger charge is -2.18. The summed E-state index contributed by atoms with van der Waals surface area (Å²) < 4.78 is 2.25. The van der Waals surface area contributed by atoms with Gasteiger partial charge in [0, 0.05) is 11.9 Å². The number of benzene rings is 1. The van der Waals surface area contributed by atoms with Crippen molar-refractivity contribution in [2.45, 2.75) is 20.4 Å². The highest BCUT2D eigenvalue weighted by Gasteiger charge is 2.13. The Morgan fingerprint density at radius 3 is 2.75 bits per heavy atom. The molecule has 0 bridgehead atoms. The Morgan fingerprint density at radius 2 is 2.06 bits per heavy atom. The van der Waals surface area contributed by atoms with Crippen LogP contribution < -0.4 is 0 Å². The van der Waals surface area contributed by atoms with Crippen molar-refractivity contribution in [1.82, 2.24) is 9.55 Å². The molecule has 1 heterocycles. The number of para-hydroxylation sites is 2. The van der Waals surface area contributed by atoms with E-state index >= 15 is 0 Å². The first-order valence-corrected chi connectivity index (χ1v) is 6.80. The van der Waals surface area contributed by atoms with Gasteiger partial charge in [-0.2, -0.15) is 0 Å². The minimum absolute atomic E-state index is 0.651. The van der Waals surface area contributed by atoms with Crippen LogP contribution in [0, 0.1) is 11.8 Å². The molecule has 1 atom stereocenters. The first-order chi connectivity index (χ1) is 7.72. The molecule has 16 heavy (non-hydrogen) atoms. The Balaban J connectivity index is 2.27. The molecule has 0 N–H and O–H groups in total. The number of hydrogen-bond acceptors (Lipinski definition) is 1. The molecule has 0 saturated carbocycles. The van der Waals surface area contributed by atoms with Crippen LogP contribution in [0.5, 0.6) is 0 Å². The second-order valence-electron chi connectivity index (χ2n) is 4.54. The van der Waals surface area contributed by atoms with Crippen LogP contribution in [0.3, 0.4) is 0 Å². The summed E-state index contributed by atoms with van der Waals surface area (Å²) in [6, 6.07) is 8.29. The predicted octanol–water partition coefficient (Wildman–Crippen LogP) is 3.70. The topological polar surface area (TPSA) is 17.8 Å². The van der Waals surface area contributed by atoms with E-state index in [9.17, 15) is 0 Å². The number of hydrogen-bond donors (Lipinski definition) is 0. The van der Waals surface area contributed by atoms with E-state index in [0.717, 1.165) is 17.4 Å². The van der Waals surface area contributed by atoms with Crippen LogP contribution in [0.4, 0.5) is 0 Å². The summed E-state index contributed by atoms with van der Waals surface area (Å²) in [6.07, 6.45) is 1.95. The quantitative estimate of drug-likeness (QED) is 0.781. The van der Waals surface area contributed by atoms with Crippen molar-refractivity contribution in [2.75, 3.05) is 5.33 Å². The molecule has 1 aromatic heterocycles. The Labute approximate surface area is 105 Å². The third-order valence-corrected chi connectivity index (χ3v) is 3.93. The number of alkyl halides is 1. The van der Waals surface area contributed by atoms with E-state index < -0.39 is 0 Å². The number of nitrogens with zero attached hydrogens (tertiary/aromatic N) is 2. The van der Waals surface area contributed by atoms with Crippen LogP contribution >= 0.6 is 15.9 Å². The standard InChI is InChI=1S/C13H17BrN2/c1-10(2)11(7-14)8-16-9-15-12-5-3-4-6-13(12)16/h3-6,9-11H,7-8H2,1-2H3. The van der Waals surface area contributed by atoms with Gasteiger partial charge in [0.1, 0.15) is 0 Å². The molecule has 1 aromatic carbocycles. The van der Waals surface area contributed by atoms with Gasteiger partial charge in [-0.25, -0.2) is 4.98 Å². The Morgan fingerprint density at radius 1 is 1.31 bits per heavy atom. The normalized spacial score (nSPS) is 13.5. The molecule has 2 aromatic rings. The molecule has 0 aliphatic heterocycles. The summed E-state index contributed by atoms with van der Waals surface area (Å²) in [5.41, 5.74) is 2.31. The molecule has 0 saturated heterocycles. The summed E-state index contributed by atoms with van der Waals surface area (Å²) in [6.45, 7) is 5.57. The summed E-state index contributed by atoms with van der Waals surface area (Å²) in [5.74, 6) is 1.33. The van der Waals surface area contributed by atoms with Gasteiger partial charge in [-0.3, -0.25) is 0 Å². The third-order valence-electron chi connectivity index (χ3n) is 3.10. The molecule has 0 fully saturated rings. The molecular formula is C13H17BrN2. The highest BCUT2D eigenvalue weighted by molar-refractivity contribution is 9.09. The van der Waals surface area contributed by atoms with Gasteiger partial charge in [0.25, 0.3) is 0 Å². The summed E-state index contributed by atoms with van der Waals surface area (Å²) in [7, 11) is 0. The van der Waals surface area contributed by atoms with Crippen molar-refractivity contribution in [1.29, 1.82) is 0 Å². The summed E-state index contributed by atoms with van der Waals surface area (Å²) in [4.78, 5) is 4.41. The second-order valence-corrected chi connectivity index (χ2v) is 5.19. The zero-order chi connectivity index (χ0) is 11.5. The largest absolute Gasteiger partial charge is 0.330 e. The van der Waals surface area contributed by atoms with E-state index in [1.807, 2.05) is 12.4 Å². The Bertz CT molecular complexity index is 462. The minimum atomic E-state index is 0.651. The first-order valence-electron chi connectivity index (χ1n) is 5.68. The minimum Gasteiger partial charge on any atom is -0.330 e. The monoisotopic (exact) mass is 280 g/mol. The van der Waals surface area contributed by atoms with E-state index in [2.05, 4.69) is 57.5 Å². The highest BCUT2D eigenvalue weighted by Crippen LogP contribution is 2.19. The van der Waals surface area contributed by atoms with Crippen LogP contribution in [0.1, 0.15) is 13.8 Å². The molecule has 1 unspecified atom stereocenters. The zero-order valence-electron chi connectivity index (χ0n) is 9.73. The van der Waals surface area contributed by atoms with Gasteiger partial charge in [0.05, 0.1) is 17.4 Å². The van der Waals surface area contributed by atoms with Crippen LogP contribution in [-0.4, -0.2) is 14.9 Å². The van der Waals surface area contributed by atoms with Crippen molar-refractivity contribution in [3.8, 4) is 0 Å². The maximum Gasteiger partial charge on any atom is 0.0958 e. The molecule has 86 valence electrons. The van der Waals surface area contributed by atoms with Crippen molar-refractivity contribution < 1.29 is 0 Å². The fraction of sp³-hybridized carbons (Fsp3) is 0.462. The molecule has 0 aliphatic rings. The maximum atomic E-state index is 4.41. The lowest BCUT2D eigenvalue weighted by Crippen LogP contribution is -2.17. The van der Waals surface area contributed by atoms with E-state index in [0.29, 0.717) is 11.8 Å². The van der Waals surface area contributed by atoms with Crippen molar-refractivity contribution >= 4 is 27.0 Å². The maximum absolute atomic E-state index is 4.41. The number of halogens is 1. The molecule has 0 radical (unpaired) electrons. The predicted molar refractivity (Wildman–Crippen MR) is 71.9 cm³/mol. The van der Waals surface area contributed by atoms with E-state index in [1.165, 1.54) is 5.52 Å². The molecular weight excluding hydrogens is 264 g/mol. The van der Waals surface area contributed by atoms with Gasteiger partial charge in [-0.1, -0.05) is 41.9 Å². The Hall–Kier alpha value is -0.830. The fourth-order valence-corrected chi connectivity index (χ4v) is 2.80. The summed E-state index contributed by atoms with van der Waals surface area (Å²) >= 11 is 3.59. The second kappa shape index (κ2) is 5.00. The third kappa shape index (κ3) is 2.29. The van der Waals surface area contributed by atoms with Gasteiger partial charge in [-0.15, -0.1) is 0 Å². The van der Waals surface area contributed by atoms with Crippen LogP contribution in [0.2, 0.25) is 0 Å². The lowest BCUT2D eigenvalue weighted by molar-refractivity contribution is 0.377. The number of imidazole rings is 1. The molecule has 0 spiro atoms. The van der Waals surface area contributed by atoms with Crippen molar-refractivity contribution in [2.24, 2.45) is 11.8 Å². The molecule has 0 aliphatic carbocycles. The van der Waals surface area contributed by atoms with Crippen molar-refractivity contribution in [3.63, 3.8) is 0 Å². The number of aromatic nitrogens is 2. The number of rotatable bonds is 4. The van der Waals surface area contributed by atoms with Crippen LogP contribution in [0.15, 0.2) is 30.6 Å². The van der Waals surface area contributed by atoms with Gasteiger partial charge in [0.15, 0.2) is 0 Å². The van der Waals surface area contributed by atoms with E-state index in [4.69, 9.17) is 0 Å². The van der Waals surface area contributed by atoms with Gasteiger partial charge < -0.3 is 4.57 Å². The number of fused-ring (bicyclic) bond motifs is 1. The smallest absolute Gasteiger partial charge is 0.0958 e. The van der Waals surface area contributed by atoms with Crippen molar-refractivity contribution in [3.05, 3.63) is 30.6 Å². The molecule has 3 heteroatoms. The molecule has 0 amide bonds. The SMILES string of the molecule is CC(C)C(CBr)Cn1cnc2ccccc21. The van der Waals surface area contributed by atoms with Crippen LogP contribution in [0.25, 0.3) is 11.0 Å². The van der Waals surface area contributed by atoms with Gasteiger partial charge >= 0.3 is 0 Å². The first kappa shape index (κ1) is 11.6. The zero-order valence-corrected chi connectivity index (χ0v) is 11.3. The van der Waals surface area contributed by atoms with Crippen LogP contribution in [-0.2, 0) is 6.54 Å². The lowest BCUT2D eigenvalue weighted by atomic mass is 9.98. The average Bonchev–Trinajstić information content (AvgIpc) is 2.69. The van der Waals surface area contributed by atoms with E-state index in [-0.39, 0.29) is 0 Å². The molecule has 2 rings (SSSR count). The highest BCUT2D eigenvalue weighted by atomic mass is 79.9.